The number of rotatable bonds is 2. The van der Waals surface area contributed by atoms with Crippen LogP contribution in [0, 0.1) is 0 Å². The Kier molecular flexibility index (Phi) is 2.50. The summed E-state index contributed by atoms with van der Waals surface area (Å²) in [6, 6.07) is 0.260. The Morgan fingerprint density at radius 1 is 1.57 bits per heavy atom. The smallest absolute Gasteiger partial charge is 0.256 e. The molecule has 0 aromatic rings. The molecule has 1 atom stereocenters. The topological polar surface area (TPSA) is 58.5 Å². The number of nitrogens with one attached hydrogen (secondary N) is 1. The van der Waals surface area contributed by atoms with E-state index in [1.165, 1.54) is 12.4 Å². The van der Waals surface area contributed by atoms with Crippen LogP contribution in [-0.2, 0) is 9.59 Å². The van der Waals surface area contributed by atoms with Gasteiger partial charge in [0.05, 0.1) is 0 Å². The summed E-state index contributed by atoms with van der Waals surface area (Å²) in [6.07, 6.45) is 4.80. The van der Waals surface area contributed by atoms with Crippen molar-refractivity contribution >= 4 is 33.8 Å². The van der Waals surface area contributed by atoms with E-state index < -0.39 is 4.83 Å². The first kappa shape index (κ1) is 9.58. The van der Waals surface area contributed by atoms with Gasteiger partial charge in [-0.25, -0.2) is 0 Å². The first-order valence-corrected chi connectivity index (χ1v) is 5.32. The predicted molar refractivity (Wildman–Crippen MR) is 55.5 cm³/mol. The van der Waals surface area contributed by atoms with Crippen molar-refractivity contribution < 1.29 is 9.59 Å². The van der Waals surface area contributed by atoms with E-state index in [9.17, 15) is 9.59 Å². The van der Waals surface area contributed by atoms with E-state index in [1.54, 1.807) is 0 Å². The fraction of sp³-hybridized carbons (Fsp3) is 0.444. The molecule has 1 N–H and O–H groups in total. The molecule has 1 unspecified atom stereocenters. The molecule has 0 radical (unpaired) electrons. The molecule has 2 aliphatic rings. The van der Waals surface area contributed by atoms with Gasteiger partial charge in [-0.1, -0.05) is 15.9 Å². The van der Waals surface area contributed by atoms with Crippen LogP contribution in [0.4, 0.5) is 0 Å². The Labute approximate surface area is 89.6 Å². The number of carbonyl (C=O) groups excluding carboxylic acids is 2. The van der Waals surface area contributed by atoms with E-state index in [0.29, 0.717) is 0 Å². The van der Waals surface area contributed by atoms with E-state index in [-0.39, 0.29) is 23.3 Å². The van der Waals surface area contributed by atoms with Crippen molar-refractivity contribution in [3.05, 3.63) is 11.8 Å². The Balaban J connectivity index is 2.08. The zero-order valence-electron chi connectivity index (χ0n) is 7.37. The second kappa shape index (κ2) is 3.65. The molecule has 1 heterocycles. The highest BCUT2D eigenvalue weighted by atomic mass is 79.9. The first-order chi connectivity index (χ1) is 6.68. The number of hydrogen-bond donors (Lipinski definition) is 1. The number of ketones is 1. The highest BCUT2D eigenvalue weighted by molar-refractivity contribution is 9.10. The van der Waals surface area contributed by atoms with Crippen molar-refractivity contribution in [2.45, 2.75) is 23.7 Å². The van der Waals surface area contributed by atoms with Crippen LogP contribution in [-0.4, -0.2) is 28.8 Å². The molecule has 4 nitrogen and oxygen atoms in total. The minimum Gasteiger partial charge on any atom is -0.349 e. The summed E-state index contributed by atoms with van der Waals surface area (Å²) in [5.41, 5.74) is 0.140. The Morgan fingerprint density at radius 2 is 2.29 bits per heavy atom. The lowest BCUT2D eigenvalue weighted by atomic mass is 10.1. The number of hydrogen-bond acceptors (Lipinski definition) is 3. The van der Waals surface area contributed by atoms with Crippen molar-refractivity contribution in [1.82, 2.24) is 5.32 Å². The third-order valence-corrected chi connectivity index (χ3v) is 2.75. The van der Waals surface area contributed by atoms with Gasteiger partial charge >= 0.3 is 0 Å². The molecule has 1 saturated carbocycles. The number of alkyl halides is 1. The van der Waals surface area contributed by atoms with E-state index >= 15 is 0 Å². The molecule has 1 fully saturated rings. The van der Waals surface area contributed by atoms with Gasteiger partial charge < -0.3 is 5.32 Å². The molecule has 1 aliphatic heterocycles. The molecule has 14 heavy (non-hydrogen) atoms. The fourth-order valence-electron chi connectivity index (χ4n) is 1.13. The van der Waals surface area contributed by atoms with E-state index in [0.717, 1.165) is 12.8 Å². The molecular weight excluding hydrogens is 248 g/mol. The largest absolute Gasteiger partial charge is 0.349 e. The molecule has 2 rings (SSSR count). The summed E-state index contributed by atoms with van der Waals surface area (Å²) in [7, 11) is 0. The van der Waals surface area contributed by atoms with Crippen molar-refractivity contribution in [2.24, 2.45) is 4.99 Å². The van der Waals surface area contributed by atoms with Gasteiger partial charge in [-0.2, -0.15) is 0 Å². The standard InChI is InChI=1S/C9H9BrN2O2/c10-7-4-11-3-6(8(7)13)9(14)12-5-1-2-5/h3-5,7H,1-2H2,(H,12,14). The van der Waals surface area contributed by atoms with Crippen molar-refractivity contribution in [1.29, 1.82) is 0 Å². The van der Waals surface area contributed by atoms with Gasteiger partial charge in [-0.15, -0.1) is 0 Å². The Hall–Kier alpha value is -0.970. The van der Waals surface area contributed by atoms with Crippen LogP contribution in [0.5, 0.6) is 0 Å². The van der Waals surface area contributed by atoms with Gasteiger partial charge in [-0.3, -0.25) is 14.6 Å². The molecule has 0 aromatic carbocycles. The zero-order chi connectivity index (χ0) is 10.1. The minimum atomic E-state index is -0.465. The molecular formula is C9H9BrN2O2. The van der Waals surface area contributed by atoms with E-state index in [4.69, 9.17) is 0 Å². The molecule has 0 bridgehead atoms. The highest BCUT2D eigenvalue weighted by Gasteiger charge is 2.30. The SMILES string of the molecule is O=C(NC1CC1)C1=CN=CC(Br)C1=O. The zero-order valence-corrected chi connectivity index (χ0v) is 8.95. The van der Waals surface area contributed by atoms with Crippen molar-refractivity contribution in [3.8, 4) is 0 Å². The number of amides is 1. The summed E-state index contributed by atoms with van der Waals surface area (Å²) in [5.74, 6) is -0.531. The Morgan fingerprint density at radius 3 is 2.93 bits per heavy atom. The van der Waals surface area contributed by atoms with Crippen LogP contribution < -0.4 is 5.32 Å². The van der Waals surface area contributed by atoms with Crippen molar-refractivity contribution in [2.75, 3.05) is 0 Å². The van der Waals surface area contributed by atoms with Crippen LogP contribution >= 0.6 is 15.9 Å². The molecule has 1 aliphatic carbocycles. The average Bonchev–Trinajstić information content (AvgIpc) is 2.93. The Bertz CT molecular complexity index is 345. The average molecular weight is 257 g/mol. The molecule has 0 saturated heterocycles. The van der Waals surface area contributed by atoms with Crippen molar-refractivity contribution in [3.63, 3.8) is 0 Å². The highest BCUT2D eigenvalue weighted by Crippen LogP contribution is 2.20. The lowest BCUT2D eigenvalue weighted by Gasteiger charge is -2.10. The number of carbonyl (C=O) groups is 2. The second-order valence-corrected chi connectivity index (χ2v) is 4.34. The minimum absolute atomic E-state index is 0.140. The van der Waals surface area contributed by atoms with Gasteiger partial charge in [0.2, 0.25) is 0 Å². The number of Topliss-reactive ketones (excluding diaryl/α,β-unsaturated/α-hetero) is 1. The van der Waals surface area contributed by atoms with E-state index in [1.807, 2.05) is 0 Å². The maximum absolute atomic E-state index is 11.5. The van der Waals surface area contributed by atoms with Gasteiger partial charge in [0, 0.05) is 18.5 Å². The number of halogens is 1. The fourth-order valence-corrected chi connectivity index (χ4v) is 1.52. The monoisotopic (exact) mass is 256 g/mol. The third-order valence-electron chi connectivity index (χ3n) is 2.09. The molecule has 5 heteroatoms. The van der Waals surface area contributed by atoms with Crippen LogP contribution in [0.25, 0.3) is 0 Å². The van der Waals surface area contributed by atoms with Gasteiger partial charge in [0.25, 0.3) is 5.91 Å². The third kappa shape index (κ3) is 1.92. The quantitative estimate of drug-likeness (QED) is 0.580. The normalized spacial score (nSPS) is 25.9. The van der Waals surface area contributed by atoms with Gasteiger partial charge in [0.15, 0.2) is 5.78 Å². The lowest BCUT2D eigenvalue weighted by Crippen LogP contribution is -2.34. The van der Waals surface area contributed by atoms with Gasteiger partial charge in [0.1, 0.15) is 10.4 Å². The van der Waals surface area contributed by atoms with Crippen LogP contribution in [0.15, 0.2) is 16.8 Å². The summed E-state index contributed by atoms with van der Waals surface area (Å²) in [4.78, 5) is 26.4. The molecule has 0 aromatic heterocycles. The second-order valence-electron chi connectivity index (χ2n) is 3.35. The number of aliphatic imine (C=N–C) groups is 1. The van der Waals surface area contributed by atoms with Crippen LogP contribution in [0.2, 0.25) is 0 Å². The summed E-state index contributed by atoms with van der Waals surface area (Å²) >= 11 is 3.12. The summed E-state index contributed by atoms with van der Waals surface area (Å²) < 4.78 is 0. The van der Waals surface area contributed by atoms with Crippen LogP contribution in [0.3, 0.4) is 0 Å². The number of nitrogens with zero attached hydrogens (tertiary/aromatic N) is 1. The maximum Gasteiger partial charge on any atom is 0.256 e. The molecule has 0 spiro atoms. The summed E-state index contributed by atoms with van der Waals surface area (Å²) in [6.45, 7) is 0. The van der Waals surface area contributed by atoms with Gasteiger partial charge in [-0.05, 0) is 12.8 Å². The van der Waals surface area contributed by atoms with Crippen LogP contribution in [0.1, 0.15) is 12.8 Å². The summed E-state index contributed by atoms with van der Waals surface area (Å²) in [5, 5.41) is 2.75. The first-order valence-electron chi connectivity index (χ1n) is 4.41. The maximum atomic E-state index is 11.5. The van der Waals surface area contributed by atoms with E-state index in [2.05, 4.69) is 26.2 Å². The molecule has 1 amide bonds. The lowest BCUT2D eigenvalue weighted by molar-refractivity contribution is -0.122. The predicted octanol–water partition coefficient (Wildman–Crippen LogP) is 0.566. The molecule has 74 valence electrons.